The van der Waals surface area contributed by atoms with Gasteiger partial charge in [-0.2, -0.15) is 0 Å². The van der Waals surface area contributed by atoms with Gasteiger partial charge in [-0.05, 0) is 39.0 Å². The topological polar surface area (TPSA) is 49.8 Å². The summed E-state index contributed by atoms with van der Waals surface area (Å²) in [6.07, 6.45) is 0.0565. The molecule has 1 aromatic carbocycles. The van der Waals surface area contributed by atoms with E-state index in [0.29, 0.717) is 23.8 Å². The molecule has 1 saturated heterocycles. The number of hydrogen-bond donors (Lipinski definition) is 1. The van der Waals surface area contributed by atoms with E-state index in [-0.39, 0.29) is 17.3 Å². The third kappa shape index (κ3) is 3.19. The third-order valence-corrected chi connectivity index (χ3v) is 3.33. The standard InChI is InChI=1S/C14H18ClNO3/c1-9-7-16(8-14(2,3)19-9)12-5-4-10(15)6-11(12)13(17)18/h4-6,9H,7-8H2,1-3H3,(H,17,18). The van der Waals surface area contributed by atoms with Crippen molar-refractivity contribution < 1.29 is 14.6 Å². The lowest BCUT2D eigenvalue weighted by atomic mass is 10.0. The number of carbonyl (C=O) groups is 1. The second-order valence-corrected chi connectivity index (χ2v) is 5.97. The van der Waals surface area contributed by atoms with Crippen molar-refractivity contribution in [2.75, 3.05) is 18.0 Å². The molecule has 1 heterocycles. The van der Waals surface area contributed by atoms with E-state index >= 15 is 0 Å². The minimum absolute atomic E-state index is 0.0565. The molecule has 1 aliphatic heterocycles. The third-order valence-electron chi connectivity index (χ3n) is 3.10. The van der Waals surface area contributed by atoms with Crippen LogP contribution in [-0.2, 0) is 4.74 Å². The van der Waals surface area contributed by atoms with Gasteiger partial charge in [0.25, 0.3) is 0 Å². The van der Waals surface area contributed by atoms with Gasteiger partial charge in [0.15, 0.2) is 0 Å². The quantitative estimate of drug-likeness (QED) is 0.906. The summed E-state index contributed by atoms with van der Waals surface area (Å²) >= 11 is 5.88. The predicted octanol–water partition coefficient (Wildman–Crippen LogP) is 3.04. The molecule has 19 heavy (non-hydrogen) atoms. The maximum Gasteiger partial charge on any atom is 0.337 e. The van der Waals surface area contributed by atoms with Gasteiger partial charge in [-0.3, -0.25) is 0 Å². The molecule has 1 aromatic rings. The van der Waals surface area contributed by atoms with Crippen molar-refractivity contribution in [1.82, 2.24) is 0 Å². The normalized spacial score (nSPS) is 22.3. The molecule has 0 aromatic heterocycles. The number of carboxylic acids is 1. The monoisotopic (exact) mass is 283 g/mol. The van der Waals surface area contributed by atoms with Gasteiger partial charge in [-0.15, -0.1) is 0 Å². The fourth-order valence-corrected chi connectivity index (χ4v) is 2.76. The summed E-state index contributed by atoms with van der Waals surface area (Å²) in [6, 6.07) is 4.97. The highest BCUT2D eigenvalue weighted by Crippen LogP contribution is 2.30. The van der Waals surface area contributed by atoms with Crippen molar-refractivity contribution >= 4 is 23.3 Å². The molecule has 0 bridgehead atoms. The number of aromatic carboxylic acids is 1. The summed E-state index contributed by atoms with van der Waals surface area (Å²) < 4.78 is 5.83. The van der Waals surface area contributed by atoms with Gasteiger partial charge in [-0.25, -0.2) is 4.79 Å². The Kier molecular flexibility index (Phi) is 3.74. The predicted molar refractivity (Wildman–Crippen MR) is 75.3 cm³/mol. The first-order chi connectivity index (χ1) is 8.78. The highest BCUT2D eigenvalue weighted by atomic mass is 35.5. The van der Waals surface area contributed by atoms with Crippen molar-refractivity contribution in [3.8, 4) is 0 Å². The van der Waals surface area contributed by atoms with Crippen LogP contribution in [0.2, 0.25) is 5.02 Å². The highest BCUT2D eigenvalue weighted by Gasteiger charge is 2.32. The molecule has 0 saturated carbocycles. The number of rotatable bonds is 2. The van der Waals surface area contributed by atoms with Crippen molar-refractivity contribution in [2.45, 2.75) is 32.5 Å². The van der Waals surface area contributed by atoms with Crippen LogP contribution in [0.15, 0.2) is 18.2 Å². The molecule has 1 aliphatic rings. The summed E-state index contributed by atoms with van der Waals surface area (Å²) in [4.78, 5) is 13.4. The zero-order valence-corrected chi connectivity index (χ0v) is 12.1. The molecule has 4 nitrogen and oxygen atoms in total. The lowest BCUT2D eigenvalue weighted by molar-refractivity contribution is -0.0750. The Morgan fingerprint density at radius 1 is 1.53 bits per heavy atom. The lowest BCUT2D eigenvalue weighted by Crippen LogP contribution is -2.52. The van der Waals surface area contributed by atoms with E-state index in [1.165, 1.54) is 6.07 Å². The molecule has 104 valence electrons. The summed E-state index contributed by atoms with van der Waals surface area (Å²) in [5.41, 5.74) is 0.630. The van der Waals surface area contributed by atoms with Crippen molar-refractivity contribution in [3.05, 3.63) is 28.8 Å². The van der Waals surface area contributed by atoms with Crippen LogP contribution in [0.4, 0.5) is 5.69 Å². The smallest absolute Gasteiger partial charge is 0.337 e. The molecule has 1 atom stereocenters. The molecule has 2 rings (SSSR count). The Balaban J connectivity index is 2.38. The largest absolute Gasteiger partial charge is 0.478 e. The van der Waals surface area contributed by atoms with Crippen LogP contribution in [-0.4, -0.2) is 35.9 Å². The Labute approximate surface area is 117 Å². The average Bonchev–Trinajstić information content (AvgIpc) is 2.25. The molecule has 0 amide bonds. The molecule has 0 spiro atoms. The van der Waals surface area contributed by atoms with Crippen LogP contribution >= 0.6 is 11.6 Å². The fraction of sp³-hybridized carbons (Fsp3) is 0.500. The van der Waals surface area contributed by atoms with Gasteiger partial charge < -0.3 is 14.7 Å². The Hall–Kier alpha value is -1.26. The number of ether oxygens (including phenoxy) is 1. The van der Waals surface area contributed by atoms with Gasteiger partial charge in [0, 0.05) is 18.1 Å². The molecular weight excluding hydrogens is 266 g/mol. The highest BCUT2D eigenvalue weighted by molar-refractivity contribution is 6.31. The van der Waals surface area contributed by atoms with Crippen LogP contribution < -0.4 is 4.90 Å². The molecule has 1 unspecified atom stereocenters. The number of halogens is 1. The summed E-state index contributed by atoms with van der Waals surface area (Å²) in [6.45, 7) is 7.33. The molecule has 1 fully saturated rings. The van der Waals surface area contributed by atoms with E-state index in [2.05, 4.69) is 0 Å². The minimum atomic E-state index is -0.963. The van der Waals surface area contributed by atoms with Crippen molar-refractivity contribution in [3.63, 3.8) is 0 Å². The lowest BCUT2D eigenvalue weighted by Gasteiger charge is -2.43. The van der Waals surface area contributed by atoms with E-state index < -0.39 is 5.97 Å². The van der Waals surface area contributed by atoms with E-state index in [1.807, 2.05) is 25.7 Å². The van der Waals surface area contributed by atoms with Gasteiger partial charge in [0.1, 0.15) is 0 Å². The van der Waals surface area contributed by atoms with Crippen LogP contribution in [0, 0.1) is 0 Å². The fourth-order valence-electron chi connectivity index (χ4n) is 2.59. The second-order valence-electron chi connectivity index (χ2n) is 5.54. The molecule has 5 heteroatoms. The van der Waals surface area contributed by atoms with E-state index in [0.717, 1.165) is 0 Å². The maximum atomic E-state index is 11.3. The summed E-state index contributed by atoms with van der Waals surface area (Å²) in [5.74, 6) is -0.963. The number of morpholine rings is 1. The van der Waals surface area contributed by atoms with E-state index in [9.17, 15) is 9.90 Å². The number of anilines is 1. The zero-order valence-electron chi connectivity index (χ0n) is 11.3. The average molecular weight is 284 g/mol. The molecular formula is C14H18ClNO3. The van der Waals surface area contributed by atoms with Gasteiger partial charge in [0.2, 0.25) is 0 Å². The molecule has 1 N–H and O–H groups in total. The maximum absolute atomic E-state index is 11.3. The molecule has 0 radical (unpaired) electrons. The van der Waals surface area contributed by atoms with Crippen LogP contribution in [0.1, 0.15) is 31.1 Å². The van der Waals surface area contributed by atoms with Gasteiger partial charge in [-0.1, -0.05) is 11.6 Å². The van der Waals surface area contributed by atoms with Gasteiger partial charge in [0.05, 0.1) is 23.0 Å². The van der Waals surface area contributed by atoms with Crippen LogP contribution in [0.25, 0.3) is 0 Å². The number of nitrogens with zero attached hydrogens (tertiary/aromatic N) is 1. The first-order valence-corrected chi connectivity index (χ1v) is 6.62. The van der Waals surface area contributed by atoms with E-state index in [1.54, 1.807) is 12.1 Å². The summed E-state index contributed by atoms with van der Waals surface area (Å²) in [5, 5.41) is 9.73. The second kappa shape index (κ2) is 5.02. The van der Waals surface area contributed by atoms with E-state index in [4.69, 9.17) is 16.3 Å². The summed E-state index contributed by atoms with van der Waals surface area (Å²) in [7, 11) is 0. The van der Waals surface area contributed by atoms with Crippen molar-refractivity contribution in [2.24, 2.45) is 0 Å². The minimum Gasteiger partial charge on any atom is -0.478 e. The number of benzene rings is 1. The van der Waals surface area contributed by atoms with Gasteiger partial charge >= 0.3 is 5.97 Å². The first-order valence-electron chi connectivity index (χ1n) is 6.24. The number of hydrogen-bond acceptors (Lipinski definition) is 3. The SMILES string of the molecule is CC1CN(c2ccc(Cl)cc2C(=O)O)CC(C)(C)O1. The van der Waals surface area contributed by atoms with Crippen molar-refractivity contribution in [1.29, 1.82) is 0 Å². The zero-order chi connectivity index (χ0) is 14.2. The Bertz CT molecular complexity index is 501. The first kappa shape index (κ1) is 14.2. The van der Waals surface area contributed by atoms with Crippen LogP contribution in [0.3, 0.4) is 0 Å². The number of carboxylic acid groups (broad SMARTS) is 1. The Morgan fingerprint density at radius 3 is 2.79 bits per heavy atom. The molecule has 0 aliphatic carbocycles. The Morgan fingerprint density at radius 2 is 2.21 bits per heavy atom. The van der Waals surface area contributed by atoms with Crippen LogP contribution in [0.5, 0.6) is 0 Å².